The monoisotopic (exact) mass is 329 g/mol. The summed E-state index contributed by atoms with van der Waals surface area (Å²) in [6, 6.07) is 4.95. The average Bonchev–Trinajstić information content (AvgIpc) is 2.36. The van der Waals surface area contributed by atoms with Crippen molar-refractivity contribution < 1.29 is 4.39 Å². The van der Waals surface area contributed by atoms with Crippen LogP contribution in [0.3, 0.4) is 0 Å². The second-order valence-electron chi connectivity index (χ2n) is 4.23. The van der Waals surface area contributed by atoms with E-state index in [2.05, 4.69) is 10.2 Å². The van der Waals surface area contributed by atoms with Crippen LogP contribution in [-0.4, -0.2) is 37.8 Å². The Labute approximate surface area is 130 Å². The van der Waals surface area contributed by atoms with Crippen LogP contribution in [0.25, 0.3) is 0 Å². The van der Waals surface area contributed by atoms with Crippen molar-refractivity contribution in [1.82, 2.24) is 10.2 Å². The highest BCUT2D eigenvalue weighted by atomic mass is 35.5. The van der Waals surface area contributed by atoms with Gasteiger partial charge in [0.2, 0.25) is 0 Å². The molecule has 1 aliphatic rings. The number of nitrogens with two attached hydrogens (primary N) is 1. The first-order valence-electron chi connectivity index (χ1n) is 5.78. The highest BCUT2D eigenvalue weighted by Gasteiger charge is 2.23. The van der Waals surface area contributed by atoms with Crippen molar-refractivity contribution >= 4 is 42.1 Å². The molecule has 1 saturated heterocycles. The maximum absolute atomic E-state index is 13.3. The molecule has 110 valence electrons. The predicted molar refractivity (Wildman–Crippen MR) is 83.5 cm³/mol. The summed E-state index contributed by atoms with van der Waals surface area (Å²) in [6.45, 7) is 3.00. The summed E-state index contributed by atoms with van der Waals surface area (Å²) < 4.78 is 13.3. The average molecular weight is 331 g/mol. The Balaban J connectivity index is 0.00000162. The number of nitrogen functional groups attached to an aromatic ring is 1. The van der Waals surface area contributed by atoms with Crippen LogP contribution in [0.2, 0.25) is 5.02 Å². The minimum Gasteiger partial charge on any atom is -0.398 e. The molecule has 1 heterocycles. The third-order valence-electron chi connectivity index (χ3n) is 3.15. The minimum atomic E-state index is -0.440. The fourth-order valence-corrected chi connectivity index (χ4v) is 2.39. The Morgan fingerprint density at radius 2 is 1.95 bits per heavy atom. The molecule has 0 saturated carbocycles. The summed E-state index contributed by atoms with van der Waals surface area (Å²) in [5, 5.41) is 3.85. The van der Waals surface area contributed by atoms with Gasteiger partial charge in [0.15, 0.2) is 0 Å². The summed E-state index contributed by atoms with van der Waals surface area (Å²) >= 11 is 5.95. The molecule has 0 amide bonds. The molecule has 1 fully saturated rings. The number of benzene rings is 1. The van der Waals surface area contributed by atoms with Crippen LogP contribution in [0.4, 0.5) is 10.1 Å². The molecule has 2 rings (SSSR count). The molecule has 0 spiro atoms. The van der Waals surface area contributed by atoms with Gasteiger partial charge in [-0.2, -0.15) is 0 Å². The van der Waals surface area contributed by atoms with E-state index >= 15 is 0 Å². The van der Waals surface area contributed by atoms with Crippen LogP contribution >= 0.6 is 36.4 Å². The zero-order valence-electron chi connectivity index (χ0n) is 10.4. The number of hydrogen-bond donors (Lipinski definition) is 2. The lowest BCUT2D eigenvalue weighted by Gasteiger charge is -2.34. The molecule has 1 aromatic rings. The summed E-state index contributed by atoms with van der Waals surface area (Å²) in [4.78, 5) is 2.11. The zero-order chi connectivity index (χ0) is 12.3. The third-order valence-corrected chi connectivity index (χ3v) is 3.38. The van der Waals surface area contributed by atoms with E-state index in [4.69, 9.17) is 17.3 Å². The van der Waals surface area contributed by atoms with E-state index in [1.54, 1.807) is 18.2 Å². The first-order chi connectivity index (χ1) is 8.22. The molecule has 0 bridgehead atoms. The molecule has 0 aromatic heterocycles. The van der Waals surface area contributed by atoms with Gasteiger partial charge in [0.1, 0.15) is 6.67 Å². The van der Waals surface area contributed by atoms with Crippen LogP contribution in [0.5, 0.6) is 0 Å². The van der Waals surface area contributed by atoms with Gasteiger partial charge in [-0.3, -0.25) is 4.90 Å². The van der Waals surface area contributed by atoms with Gasteiger partial charge in [0.05, 0.1) is 6.04 Å². The molecular formula is C12H19Cl3FN3. The van der Waals surface area contributed by atoms with Gasteiger partial charge in [-0.15, -0.1) is 24.8 Å². The number of nitrogens with zero attached hydrogens (tertiary/aromatic N) is 1. The van der Waals surface area contributed by atoms with Crippen molar-refractivity contribution in [2.75, 3.05) is 38.6 Å². The van der Waals surface area contributed by atoms with E-state index in [9.17, 15) is 4.39 Å². The Bertz CT molecular complexity index is 386. The largest absolute Gasteiger partial charge is 0.398 e. The number of anilines is 1. The molecule has 1 aliphatic heterocycles. The SMILES string of the molecule is Cl.Cl.Nc1ccc(Cl)cc1[C@@H](CF)N1CCNCC1. The van der Waals surface area contributed by atoms with E-state index in [0.29, 0.717) is 10.7 Å². The molecule has 1 aromatic carbocycles. The maximum Gasteiger partial charge on any atom is 0.109 e. The van der Waals surface area contributed by atoms with Crippen LogP contribution in [-0.2, 0) is 0 Å². The Morgan fingerprint density at radius 1 is 1.32 bits per heavy atom. The zero-order valence-corrected chi connectivity index (χ0v) is 12.8. The second-order valence-corrected chi connectivity index (χ2v) is 4.67. The highest BCUT2D eigenvalue weighted by Crippen LogP contribution is 2.29. The van der Waals surface area contributed by atoms with Crippen molar-refractivity contribution in [3.8, 4) is 0 Å². The first kappa shape index (κ1) is 18.7. The third kappa shape index (κ3) is 4.65. The first-order valence-corrected chi connectivity index (χ1v) is 6.16. The molecule has 0 unspecified atom stereocenters. The summed E-state index contributed by atoms with van der Waals surface area (Å²) in [7, 11) is 0. The normalized spacial score (nSPS) is 17.2. The Kier molecular flexibility index (Phi) is 8.70. The smallest absolute Gasteiger partial charge is 0.109 e. The Hall–Kier alpha value is -0.260. The summed E-state index contributed by atoms with van der Waals surface area (Å²) in [5.74, 6) is 0. The molecule has 0 radical (unpaired) electrons. The molecule has 19 heavy (non-hydrogen) atoms. The van der Waals surface area contributed by atoms with Crippen LogP contribution in [0.15, 0.2) is 18.2 Å². The lowest BCUT2D eigenvalue weighted by atomic mass is 10.0. The van der Waals surface area contributed by atoms with Crippen LogP contribution in [0, 0.1) is 0 Å². The van der Waals surface area contributed by atoms with Crippen molar-refractivity contribution in [1.29, 1.82) is 0 Å². The molecule has 3 nitrogen and oxygen atoms in total. The molecule has 7 heteroatoms. The second kappa shape index (κ2) is 8.82. The van der Waals surface area contributed by atoms with Crippen molar-refractivity contribution in [2.45, 2.75) is 6.04 Å². The molecule has 0 aliphatic carbocycles. The highest BCUT2D eigenvalue weighted by molar-refractivity contribution is 6.30. The van der Waals surface area contributed by atoms with Gasteiger partial charge in [-0.25, -0.2) is 4.39 Å². The van der Waals surface area contributed by atoms with Gasteiger partial charge >= 0.3 is 0 Å². The van der Waals surface area contributed by atoms with Gasteiger partial charge in [0.25, 0.3) is 0 Å². The quantitative estimate of drug-likeness (QED) is 0.837. The van der Waals surface area contributed by atoms with E-state index in [1.165, 1.54) is 0 Å². The number of piperazine rings is 1. The van der Waals surface area contributed by atoms with Crippen LogP contribution < -0.4 is 11.1 Å². The summed E-state index contributed by atoms with van der Waals surface area (Å²) in [5.41, 5.74) is 7.31. The number of halogens is 4. The van der Waals surface area contributed by atoms with E-state index in [0.717, 1.165) is 31.7 Å². The van der Waals surface area contributed by atoms with Crippen molar-refractivity contribution in [3.05, 3.63) is 28.8 Å². The van der Waals surface area contributed by atoms with Gasteiger partial charge < -0.3 is 11.1 Å². The van der Waals surface area contributed by atoms with Gasteiger partial charge in [0, 0.05) is 36.9 Å². The lowest BCUT2D eigenvalue weighted by molar-refractivity contribution is 0.148. The van der Waals surface area contributed by atoms with E-state index in [1.807, 2.05) is 0 Å². The summed E-state index contributed by atoms with van der Waals surface area (Å²) in [6.07, 6.45) is 0. The molecule has 1 atom stereocenters. The van der Waals surface area contributed by atoms with Crippen LogP contribution in [0.1, 0.15) is 11.6 Å². The van der Waals surface area contributed by atoms with Crippen molar-refractivity contribution in [3.63, 3.8) is 0 Å². The number of rotatable bonds is 3. The standard InChI is InChI=1S/C12H17ClFN3.2ClH/c13-9-1-2-11(15)10(7-9)12(8-14)17-5-3-16-4-6-17;;/h1-2,7,12,16H,3-6,8,15H2;2*1H/t12-;;/m1../s1. The maximum atomic E-state index is 13.3. The predicted octanol–water partition coefficient (Wildman–Crippen LogP) is 2.68. The fourth-order valence-electron chi connectivity index (χ4n) is 2.21. The minimum absolute atomic E-state index is 0. The van der Waals surface area contributed by atoms with E-state index in [-0.39, 0.29) is 30.9 Å². The molecular weight excluding hydrogens is 312 g/mol. The Morgan fingerprint density at radius 3 is 2.53 bits per heavy atom. The van der Waals surface area contributed by atoms with Gasteiger partial charge in [-0.05, 0) is 23.8 Å². The topological polar surface area (TPSA) is 41.3 Å². The number of alkyl halides is 1. The van der Waals surface area contributed by atoms with Crippen molar-refractivity contribution in [2.24, 2.45) is 0 Å². The fraction of sp³-hybridized carbons (Fsp3) is 0.500. The van der Waals surface area contributed by atoms with Gasteiger partial charge in [-0.1, -0.05) is 11.6 Å². The number of nitrogens with one attached hydrogen (secondary N) is 1. The van der Waals surface area contributed by atoms with E-state index < -0.39 is 6.67 Å². The number of hydrogen-bond acceptors (Lipinski definition) is 3. The molecule has 3 N–H and O–H groups in total. The lowest BCUT2D eigenvalue weighted by Crippen LogP contribution is -2.45.